The average molecular weight is 227 g/mol. The molecular formula is C10H17N3OS. The van der Waals surface area contributed by atoms with Crippen molar-refractivity contribution in [2.24, 2.45) is 5.41 Å². The topological polar surface area (TPSA) is 58.0 Å². The molecule has 0 bridgehead atoms. The van der Waals surface area contributed by atoms with Crippen molar-refractivity contribution < 1.29 is 5.11 Å². The maximum absolute atomic E-state index is 8.93. The van der Waals surface area contributed by atoms with Crippen molar-refractivity contribution in [3.8, 4) is 0 Å². The summed E-state index contributed by atoms with van der Waals surface area (Å²) in [6, 6.07) is 0. The van der Waals surface area contributed by atoms with Crippen LogP contribution in [0.25, 0.3) is 0 Å². The Balaban J connectivity index is 1.82. The lowest BCUT2D eigenvalue weighted by molar-refractivity contribution is 0.253. The van der Waals surface area contributed by atoms with Crippen molar-refractivity contribution in [3.05, 3.63) is 5.82 Å². The molecule has 0 atom stereocenters. The third-order valence-electron chi connectivity index (χ3n) is 3.00. The Kier molecular flexibility index (Phi) is 3.21. The molecule has 0 radical (unpaired) electrons. The zero-order chi connectivity index (χ0) is 10.7. The maximum Gasteiger partial charge on any atom is 0.202 e. The minimum atomic E-state index is 0.290. The van der Waals surface area contributed by atoms with Crippen LogP contribution in [0.15, 0.2) is 0 Å². The second-order valence-corrected chi connectivity index (χ2v) is 4.95. The number of hydrogen-bond donors (Lipinski definition) is 2. The number of aryl methyl sites for hydroxylation is 1. The summed E-state index contributed by atoms with van der Waals surface area (Å²) in [6.07, 6.45) is 4.24. The van der Waals surface area contributed by atoms with Gasteiger partial charge in [0.25, 0.3) is 0 Å². The minimum absolute atomic E-state index is 0.290. The fourth-order valence-corrected chi connectivity index (χ4v) is 2.31. The Bertz CT molecular complexity index is 322. The molecule has 1 heterocycles. The highest BCUT2D eigenvalue weighted by molar-refractivity contribution is 7.09. The molecule has 0 aromatic carbocycles. The summed E-state index contributed by atoms with van der Waals surface area (Å²) in [4.78, 5) is 4.35. The highest BCUT2D eigenvalue weighted by atomic mass is 32.1. The molecule has 0 unspecified atom stereocenters. The number of aliphatic hydroxyl groups is 1. The Hall–Kier alpha value is -0.680. The van der Waals surface area contributed by atoms with E-state index in [1.807, 2.05) is 0 Å². The fraction of sp³-hybridized carbons (Fsp3) is 0.800. The predicted octanol–water partition coefficient (Wildman–Crippen LogP) is 1.67. The molecule has 0 aliphatic heterocycles. The molecular weight excluding hydrogens is 210 g/mol. The fourth-order valence-electron chi connectivity index (χ4n) is 1.66. The van der Waals surface area contributed by atoms with Gasteiger partial charge in [-0.1, -0.05) is 6.92 Å². The van der Waals surface area contributed by atoms with E-state index in [9.17, 15) is 0 Å². The zero-order valence-corrected chi connectivity index (χ0v) is 9.81. The molecule has 0 amide bonds. The summed E-state index contributed by atoms with van der Waals surface area (Å²) in [5, 5.41) is 13.2. The molecule has 1 fully saturated rings. The van der Waals surface area contributed by atoms with Crippen molar-refractivity contribution >= 4 is 16.7 Å². The van der Waals surface area contributed by atoms with Crippen LogP contribution in [0.2, 0.25) is 0 Å². The monoisotopic (exact) mass is 227 g/mol. The van der Waals surface area contributed by atoms with Crippen LogP contribution in [-0.4, -0.2) is 27.6 Å². The number of anilines is 1. The van der Waals surface area contributed by atoms with Crippen LogP contribution >= 0.6 is 11.5 Å². The van der Waals surface area contributed by atoms with Gasteiger partial charge in [0.05, 0.1) is 0 Å². The molecule has 1 aromatic rings. The lowest BCUT2D eigenvalue weighted by Crippen LogP contribution is -2.16. The zero-order valence-electron chi connectivity index (χ0n) is 8.99. The first-order chi connectivity index (χ1) is 7.28. The van der Waals surface area contributed by atoms with Crippen molar-refractivity contribution in [1.29, 1.82) is 0 Å². The number of rotatable bonds is 6. The van der Waals surface area contributed by atoms with Crippen molar-refractivity contribution in [2.75, 3.05) is 18.5 Å². The van der Waals surface area contributed by atoms with Gasteiger partial charge in [0, 0.05) is 31.1 Å². The van der Waals surface area contributed by atoms with Gasteiger partial charge in [0.1, 0.15) is 5.82 Å². The minimum Gasteiger partial charge on any atom is -0.396 e. The average Bonchev–Trinajstić information content (AvgIpc) is 2.86. The second kappa shape index (κ2) is 4.45. The van der Waals surface area contributed by atoms with Gasteiger partial charge >= 0.3 is 0 Å². The van der Waals surface area contributed by atoms with Crippen LogP contribution in [0.1, 0.15) is 32.0 Å². The van der Waals surface area contributed by atoms with E-state index >= 15 is 0 Å². The van der Waals surface area contributed by atoms with Crippen molar-refractivity contribution in [1.82, 2.24) is 9.36 Å². The molecule has 2 rings (SSSR count). The summed E-state index contributed by atoms with van der Waals surface area (Å²) >= 11 is 1.43. The van der Waals surface area contributed by atoms with E-state index in [1.54, 1.807) is 0 Å². The molecule has 15 heavy (non-hydrogen) atoms. The Morgan fingerprint density at radius 2 is 2.33 bits per heavy atom. The first-order valence-electron chi connectivity index (χ1n) is 5.45. The standard InChI is InChI=1S/C10H17N3OS/c1-2-8-12-9(15-13-8)11-7-10(3-4-10)5-6-14/h14H,2-7H2,1H3,(H,11,12,13). The van der Waals surface area contributed by atoms with Crippen LogP contribution < -0.4 is 5.32 Å². The molecule has 2 N–H and O–H groups in total. The number of hydrogen-bond acceptors (Lipinski definition) is 5. The number of nitrogens with one attached hydrogen (secondary N) is 1. The SMILES string of the molecule is CCc1nsc(NCC2(CCO)CC2)n1. The highest BCUT2D eigenvalue weighted by Crippen LogP contribution is 2.48. The van der Waals surface area contributed by atoms with E-state index in [1.165, 1.54) is 24.4 Å². The normalized spacial score (nSPS) is 17.7. The van der Waals surface area contributed by atoms with Gasteiger partial charge in [0.15, 0.2) is 0 Å². The molecule has 1 saturated carbocycles. The first kappa shape index (κ1) is 10.8. The van der Waals surface area contributed by atoms with Gasteiger partial charge in [-0.15, -0.1) is 0 Å². The van der Waals surface area contributed by atoms with Crippen molar-refractivity contribution in [3.63, 3.8) is 0 Å². The third kappa shape index (κ3) is 2.66. The molecule has 5 heteroatoms. The number of aliphatic hydroxyl groups excluding tert-OH is 1. The number of aromatic nitrogens is 2. The first-order valence-corrected chi connectivity index (χ1v) is 6.23. The third-order valence-corrected chi connectivity index (χ3v) is 3.71. The Labute approximate surface area is 93.9 Å². The summed E-state index contributed by atoms with van der Waals surface area (Å²) in [5.41, 5.74) is 0.340. The van der Waals surface area contributed by atoms with E-state index in [4.69, 9.17) is 5.11 Å². The molecule has 1 aliphatic carbocycles. The van der Waals surface area contributed by atoms with Gasteiger partial charge in [-0.05, 0) is 24.7 Å². The Morgan fingerprint density at radius 3 is 2.87 bits per heavy atom. The van der Waals surface area contributed by atoms with E-state index in [0.29, 0.717) is 5.41 Å². The second-order valence-electron chi connectivity index (χ2n) is 4.20. The molecule has 4 nitrogen and oxygen atoms in total. The van der Waals surface area contributed by atoms with Gasteiger partial charge in [-0.25, -0.2) is 4.98 Å². The summed E-state index contributed by atoms with van der Waals surface area (Å²) < 4.78 is 4.22. The molecule has 0 spiro atoms. The van der Waals surface area contributed by atoms with Gasteiger partial charge in [-0.2, -0.15) is 4.37 Å². The van der Waals surface area contributed by atoms with Gasteiger partial charge in [-0.3, -0.25) is 0 Å². The maximum atomic E-state index is 8.93. The van der Waals surface area contributed by atoms with Gasteiger partial charge in [0.2, 0.25) is 5.13 Å². The molecule has 1 aromatic heterocycles. The van der Waals surface area contributed by atoms with Crippen molar-refractivity contribution in [2.45, 2.75) is 32.6 Å². The number of nitrogens with zero attached hydrogens (tertiary/aromatic N) is 2. The van der Waals surface area contributed by atoms with Crippen LogP contribution in [0, 0.1) is 5.41 Å². The molecule has 84 valence electrons. The summed E-state index contributed by atoms with van der Waals surface area (Å²) in [7, 11) is 0. The largest absolute Gasteiger partial charge is 0.396 e. The smallest absolute Gasteiger partial charge is 0.202 e. The van der Waals surface area contributed by atoms with E-state index < -0.39 is 0 Å². The highest BCUT2D eigenvalue weighted by Gasteiger charge is 2.41. The van der Waals surface area contributed by atoms with Gasteiger partial charge < -0.3 is 10.4 Å². The predicted molar refractivity (Wildman–Crippen MR) is 61.1 cm³/mol. The van der Waals surface area contributed by atoms with E-state index in [0.717, 1.165) is 30.3 Å². The van der Waals surface area contributed by atoms with E-state index in [-0.39, 0.29) is 6.61 Å². The lowest BCUT2D eigenvalue weighted by Gasteiger charge is -2.13. The quantitative estimate of drug-likeness (QED) is 0.776. The van der Waals surface area contributed by atoms with Crippen LogP contribution in [0.4, 0.5) is 5.13 Å². The Morgan fingerprint density at radius 1 is 1.53 bits per heavy atom. The van der Waals surface area contributed by atoms with Crippen LogP contribution in [-0.2, 0) is 6.42 Å². The summed E-state index contributed by atoms with van der Waals surface area (Å²) in [6.45, 7) is 3.27. The van der Waals surface area contributed by atoms with E-state index in [2.05, 4.69) is 21.6 Å². The summed E-state index contributed by atoms with van der Waals surface area (Å²) in [5.74, 6) is 0.912. The molecule has 0 saturated heterocycles. The lowest BCUT2D eigenvalue weighted by atomic mass is 10.0. The van der Waals surface area contributed by atoms with Crippen LogP contribution in [0.3, 0.4) is 0 Å². The molecule has 1 aliphatic rings. The van der Waals surface area contributed by atoms with Crippen LogP contribution in [0.5, 0.6) is 0 Å².